The number of alkyl halides is 1. The Morgan fingerprint density at radius 3 is 2.53 bits per heavy atom. The van der Waals surface area contributed by atoms with Gasteiger partial charge in [0.1, 0.15) is 0 Å². The van der Waals surface area contributed by atoms with Crippen LogP contribution in [0.1, 0.15) is 36.7 Å². The molecule has 0 saturated carbocycles. The lowest BCUT2D eigenvalue weighted by Gasteiger charge is -2.29. The first-order chi connectivity index (χ1) is 7.74. The van der Waals surface area contributed by atoms with Crippen LogP contribution in [0.25, 0.3) is 0 Å². The number of nitrogens with one attached hydrogen (secondary N) is 1. The number of halogens is 2. The smallest absolute Gasteiger partial charge is 0.251 e. The molecule has 0 aliphatic heterocycles. The maximum Gasteiger partial charge on any atom is 0.251 e. The van der Waals surface area contributed by atoms with E-state index in [1.54, 1.807) is 6.07 Å². The molecular weight excluding hydrogens is 302 g/mol. The molecule has 1 N–H and O–H groups in total. The van der Waals surface area contributed by atoms with Gasteiger partial charge in [-0.1, -0.05) is 15.9 Å². The topological polar surface area (TPSA) is 29.1 Å². The fourth-order valence-electron chi connectivity index (χ4n) is 1.25. The van der Waals surface area contributed by atoms with Crippen LogP contribution < -0.4 is 5.32 Å². The van der Waals surface area contributed by atoms with Gasteiger partial charge in [0.05, 0.1) is 10.9 Å². The van der Waals surface area contributed by atoms with Crippen LogP contribution in [0.2, 0.25) is 0 Å². The zero-order valence-electron chi connectivity index (χ0n) is 10.5. The molecule has 0 aliphatic carbocycles. The third-order valence-corrected chi connectivity index (χ3v) is 4.29. The maximum absolute atomic E-state index is 12.0. The van der Waals surface area contributed by atoms with Gasteiger partial charge < -0.3 is 5.32 Å². The highest BCUT2D eigenvalue weighted by Crippen LogP contribution is 2.19. The quantitative estimate of drug-likeness (QED) is 0.842. The van der Waals surface area contributed by atoms with Crippen molar-refractivity contribution in [3.05, 3.63) is 33.8 Å². The number of rotatable bonds is 3. The van der Waals surface area contributed by atoms with Gasteiger partial charge in [-0.25, -0.2) is 0 Å². The Labute approximate surface area is 116 Å². The van der Waals surface area contributed by atoms with Crippen LogP contribution in [0.4, 0.5) is 0 Å². The fourth-order valence-corrected chi connectivity index (χ4v) is 1.55. The summed E-state index contributed by atoms with van der Waals surface area (Å²) in [5, 5.41) is 2.80. The second-order valence-electron chi connectivity index (χ2n) is 4.76. The second-order valence-corrected chi connectivity index (χ2v) is 6.26. The molecule has 2 nitrogen and oxygen atoms in total. The van der Waals surface area contributed by atoms with Gasteiger partial charge in [-0.2, -0.15) is 0 Å². The van der Waals surface area contributed by atoms with Crippen molar-refractivity contribution in [3.63, 3.8) is 0 Å². The van der Waals surface area contributed by atoms with E-state index in [-0.39, 0.29) is 11.3 Å². The van der Waals surface area contributed by atoms with E-state index in [1.807, 2.05) is 39.8 Å². The van der Waals surface area contributed by atoms with Crippen molar-refractivity contribution >= 4 is 33.4 Å². The Morgan fingerprint density at radius 1 is 1.47 bits per heavy atom. The minimum Gasteiger partial charge on any atom is -0.346 e. The summed E-state index contributed by atoms with van der Waals surface area (Å²) in [6, 6.07) is 5.52. The Hall–Kier alpha value is -0.540. The van der Waals surface area contributed by atoms with E-state index in [2.05, 4.69) is 21.2 Å². The average Bonchev–Trinajstić information content (AvgIpc) is 2.21. The standard InChI is InChI=1S/C13H17BrClNO/c1-8-7-10(5-6-11(8)14)12(17)16-13(3,4)9(2)15/h5-7,9H,1-4H3,(H,16,17). The van der Waals surface area contributed by atoms with Crippen LogP contribution in [0.3, 0.4) is 0 Å². The first-order valence-corrected chi connectivity index (χ1v) is 6.69. The van der Waals surface area contributed by atoms with E-state index in [0.717, 1.165) is 10.0 Å². The predicted molar refractivity (Wildman–Crippen MR) is 75.7 cm³/mol. The highest BCUT2D eigenvalue weighted by atomic mass is 79.9. The van der Waals surface area contributed by atoms with Crippen LogP contribution >= 0.6 is 27.5 Å². The molecule has 1 unspecified atom stereocenters. The molecule has 94 valence electrons. The minimum atomic E-state index is -0.431. The zero-order valence-corrected chi connectivity index (χ0v) is 12.8. The van der Waals surface area contributed by atoms with E-state index in [4.69, 9.17) is 11.6 Å². The number of amides is 1. The Balaban J connectivity index is 2.87. The Kier molecular flexibility index (Phi) is 4.62. The first kappa shape index (κ1) is 14.5. The van der Waals surface area contributed by atoms with Crippen molar-refractivity contribution in [2.24, 2.45) is 0 Å². The number of benzene rings is 1. The van der Waals surface area contributed by atoms with Crippen LogP contribution in [-0.2, 0) is 0 Å². The molecule has 0 spiro atoms. The largest absolute Gasteiger partial charge is 0.346 e. The molecule has 0 saturated heterocycles. The van der Waals surface area contributed by atoms with Gasteiger partial charge in [-0.05, 0) is 51.5 Å². The van der Waals surface area contributed by atoms with E-state index in [0.29, 0.717) is 5.56 Å². The first-order valence-electron chi connectivity index (χ1n) is 5.47. The normalized spacial score (nSPS) is 13.3. The van der Waals surface area contributed by atoms with Crippen molar-refractivity contribution in [3.8, 4) is 0 Å². The van der Waals surface area contributed by atoms with Gasteiger partial charge in [0.15, 0.2) is 0 Å². The summed E-state index contributed by atoms with van der Waals surface area (Å²) in [7, 11) is 0. The molecular formula is C13H17BrClNO. The molecule has 0 heterocycles. The minimum absolute atomic E-state index is 0.0990. The van der Waals surface area contributed by atoms with E-state index < -0.39 is 5.54 Å². The third kappa shape index (κ3) is 3.71. The molecule has 17 heavy (non-hydrogen) atoms. The number of aryl methyl sites for hydroxylation is 1. The third-order valence-electron chi connectivity index (χ3n) is 2.85. The summed E-state index contributed by atoms with van der Waals surface area (Å²) in [6.45, 7) is 7.65. The van der Waals surface area contributed by atoms with E-state index in [9.17, 15) is 4.79 Å². The number of hydrogen-bond acceptors (Lipinski definition) is 1. The highest BCUT2D eigenvalue weighted by molar-refractivity contribution is 9.10. The molecule has 1 aromatic carbocycles. The van der Waals surface area contributed by atoms with Crippen LogP contribution in [0, 0.1) is 6.92 Å². The monoisotopic (exact) mass is 317 g/mol. The summed E-state index contributed by atoms with van der Waals surface area (Å²) in [5.41, 5.74) is 1.25. The van der Waals surface area contributed by atoms with Crippen molar-refractivity contribution in [1.82, 2.24) is 5.32 Å². The Bertz CT molecular complexity index is 429. The number of carbonyl (C=O) groups is 1. The molecule has 0 fully saturated rings. The second kappa shape index (κ2) is 5.40. The van der Waals surface area contributed by atoms with Gasteiger partial charge in [0.2, 0.25) is 0 Å². The average molecular weight is 319 g/mol. The predicted octanol–water partition coefficient (Wildman–Crippen LogP) is 3.89. The summed E-state index contributed by atoms with van der Waals surface area (Å²) in [6.07, 6.45) is 0. The van der Waals surface area contributed by atoms with Gasteiger partial charge in [0.25, 0.3) is 5.91 Å². The molecule has 1 amide bonds. The summed E-state index contributed by atoms with van der Waals surface area (Å²) in [4.78, 5) is 12.0. The molecule has 1 rings (SSSR count). The Morgan fingerprint density at radius 2 is 2.06 bits per heavy atom. The van der Waals surface area contributed by atoms with Crippen molar-refractivity contribution in [1.29, 1.82) is 0 Å². The van der Waals surface area contributed by atoms with Crippen molar-refractivity contribution in [2.45, 2.75) is 38.6 Å². The van der Waals surface area contributed by atoms with Gasteiger partial charge in [0, 0.05) is 10.0 Å². The van der Waals surface area contributed by atoms with Crippen LogP contribution in [0.5, 0.6) is 0 Å². The molecule has 0 bridgehead atoms. The highest BCUT2D eigenvalue weighted by Gasteiger charge is 2.26. The summed E-state index contributed by atoms with van der Waals surface area (Å²) < 4.78 is 0.999. The molecule has 0 radical (unpaired) electrons. The molecule has 1 atom stereocenters. The van der Waals surface area contributed by atoms with E-state index in [1.165, 1.54) is 0 Å². The van der Waals surface area contributed by atoms with Crippen LogP contribution in [-0.4, -0.2) is 16.8 Å². The maximum atomic E-state index is 12.0. The van der Waals surface area contributed by atoms with Gasteiger partial charge in [-0.3, -0.25) is 4.79 Å². The molecule has 0 aromatic heterocycles. The summed E-state index contributed by atoms with van der Waals surface area (Å²) >= 11 is 9.45. The van der Waals surface area contributed by atoms with Gasteiger partial charge >= 0.3 is 0 Å². The fraction of sp³-hybridized carbons (Fsp3) is 0.462. The lowest BCUT2D eigenvalue weighted by Crippen LogP contribution is -2.49. The lowest BCUT2D eigenvalue weighted by atomic mass is 10.0. The van der Waals surface area contributed by atoms with Gasteiger partial charge in [-0.15, -0.1) is 11.6 Å². The lowest BCUT2D eigenvalue weighted by molar-refractivity contribution is 0.0912. The summed E-state index contributed by atoms with van der Waals surface area (Å²) in [5.74, 6) is -0.0990. The molecule has 4 heteroatoms. The van der Waals surface area contributed by atoms with E-state index >= 15 is 0 Å². The number of carbonyl (C=O) groups excluding carboxylic acids is 1. The van der Waals surface area contributed by atoms with Crippen molar-refractivity contribution < 1.29 is 4.79 Å². The SMILES string of the molecule is Cc1cc(C(=O)NC(C)(C)C(C)Cl)ccc1Br. The van der Waals surface area contributed by atoms with Crippen molar-refractivity contribution in [2.75, 3.05) is 0 Å². The molecule has 0 aliphatic rings. The zero-order chi connectivity index (χ0) is 13.2. The molecule has 1 aromatic rings. The van der Waals surface area contributed by atoms with Crippen LogP contribution in [0.15, 0.2) is 22.7 Å². The number of hydrogen-bond donors (Lipinski definition) is 1.